The second-order valence-electron chi connectivity index (χ2n) is 6.70. The van der Waals surface area contributed by atoms with Crippen LogP contribution in [0.3, 0.4) is 0 Å². The SMILES string of the molecule is O=C(CC1(O)CCCC1)N1CCC(=Cc2ccccc2)CC1. The molecule has 3 heteroatoms. The van der Waals surface area contributed by atoms with Gasteiger partial charge in [0, 0.05) is 13.1 Å². The Hall–Kier alpha value is -1.61. The molecular weight excluding hydrogens is 274 g/mol. The Labute approximate surface area is 132 Å². The van der Waals surface area contributed by atoms with Crippen LogP contribution >= 0.6 is 0 Å². The van der Waals surface area contributed by atoms with Crippen molar-refractivity contribution in [3.8, 4) is 0 Å². The first-order valence-electron chi connectivity index (χ1n) is 8.39. The Morgan fingerprint density at radius 3 is 2.41 bits per heavy atom. The van der Waals surface area contributed by atoms with Gasteiger partial charge in [0.05, 0.1) is 12.0 Å². The number of piperidine rings is 1. The number of amides is 1. The number of nitrogens with zero attached hydrogens (tertiary/aromatic N) is 1. The van der Waals surface area contributed by atoms with E-state index in [9.17, 15) is 9.90 Å². The molecule has 0 bridgehead atoms. The van der Waals surface area contributed by atoms with E-state index in [4.69, 9.17) is 0 Å². The molecule has 118 valence electrons. The standard InChI is InChI=1S/C19H25NO2/c21-18(15-19(22)10-4-5-11-19)20-12-8-17(9-13-20)14-16-6-2-1-3-7-16/h1-3,6-7,14,22H,4-5,8-13,15H2. The van der Waals surface area contributed by atoms with Crippen LogP contribution < -0.4 is 0 Å². The van der Waals surface area contributed by atoms with Crippen molar-refractivity contribution < 1.29 is 9.90 Å². The summed E-state index contributed by atoms with van der Waals surface area (Å²) in [7, 11) is 0. The Bertz CT molecular complexity index is 534. The fourth-order valence-electron chi connectivity index (χ4n) is 3.58. The Morgan fingerprint density at radius 2 is 1.77 bits per heavy atom. The Morgan fingerprint density at radius 1 is 1.14 bits per heavy atom. The monoisotopic (exact) mass is 299 g/mol. The predicted octanol–water partition coefficient (Wildman–Crippen LogP) is 3.39. The summed E-state index contributed by atoms with van der Waals surface area (Å²) >= 11 is 0. The quantitative estimate of drug-likeness (QED) is 0.929. The number of likely N-dealkylation sites (tertiary alicyclic amines) is 1. The molecule has 2 aliphatic rings. The van der Waals surface area contributed by atoms with Crippen LogP contribution in [0.25, 0.3) is 6.08 Å². The molecule has 1 aromatic rings. The molecule has 0 radical (unpaired) electrons. The van der Waals surface area contributed by atoms with Gasteiger partial charge in [-0.25, -0.2) is 0 Å². The van der Waals surface area contributed by atoms with Crippen LogP contribution in [0.1, 0.15) is 50.5 Å². The molecule has 3 nitrogen and oxygen atoms in total. The fourth-order valence-corrected chi connectivity index (χ4v) is 3.58. The molecule has 1 aromatic carbocycles. The molecular formula is C19H25NO2. The van der Waals surface area contributed by atoms with Crippen LogP contribution in [-0.4, -0.2) is 34.6 Å². The number of hydrogen-bond acceptors (Lipinski definition) is 2. The third-order valence-electron chi connectivity index (χ3n) is 4.94. The van der Waals surface area contributed by atoms with Gasteiger partial charge in [-0.05, 0) is 31.2 Å². The minimum Gasteiger partial charge on any atom is -0.389 e. The van der Waals surface area contributed by atoms with Crippen molar-refractivity contribution in [2.75, 3.05) is 13.1 Å². The van der Waals surface area contributed by atoms with Crippen LogP contribution in [0, 0.1) is 0 Å². The summed E-state index contributed by atoms with van der Waals surface area (Å²) in [5, 5.41) is 10.4. The lowest BCUT2D eigenvalue weighted by atomic mass is 9.95. The smallest absolute Gasteiger partial charge is 0.225 e. The number of benzene rings is 1. The topological polar surface area (TPSA) is 40.5 Å². The number of hydrogen-bond donors (Lipinski definition) is 1. The van der Waals surface area contributed by atoms with E-state index in [-0.39, 0.29) is 5.91 Å². The van der Waals surface area contributed by atoms with E-state index in [1.54, 1.807) is 0 Å². The minimum atomic E-state index is -0.725. The van der Waals surface area contributed by atoms with Crippen molar-refractivity contribution in [3.63, 3.8) is 0 Å². The fraction of sp³-hybridized carbons (Fsp3) is 0.526. The third kappa shape index (κ3) is 3.77. The van der Waals surface area contributed by atoms with E-state index in [2.05, 4.69) is 18.2 Å². The number of rotatable bonds is 3. The highest BCUT2D eigenvalue weighted by Crippen LogP contribution is 2.33. The van der Waals surface area contributed by atoms with Gasteiger partial charge >= 0.3 is 0 Å². The van der Waals surface area contributed by atoms with Crippen molar-refractivity contribution in [3.05, 3.63) is 41.5 Å². The highest BCUT2D eigenvalue weighted by atomic mass is 16.3. The van der Waals surface area contributed by atoms with Crippen molar-refractivity contribution >= 4 is 12.0 Å². The van der Waals surface area contributed by atoms with E-state index < -0.39 is 5.60 Å². The Balaban J connectivity index is 1.53. The van der Waals surface area contributed by atoms with Crippen molar-refractivity contribution in [2.45, 2.75) is 50.5 Å². The molecule has 0 unspecified atom stereocenters. The van der Waals surface area contributed by atoms with Gasteiger partial charge in [-0.3, -0.25) is 4.79 Å². The maximum Gasteiger partial charge on any atom is 0.225 e. The summed E-state index contributed by atoms with van der Waals surface area (Å²) in [6.07, 6.45) is 8.11. The van der Waals surface area contributed by atoms with Gasteiger partial charge < -0.3 is 10.0 Å². The van der Waals surface area contributed by atoms with Gasteiger partial charge in [0.1, 0.15) is 0 Å². The summed E-state index contributed by atoms with van der Waals surface area (Å²) < 4.78 is 0. The molecule has 1 amide bonds. The molecule has 1 heterocycles. The zero-order chi connectivity index (χ0) is 15.4. The van der Waals surface area contributed by atoms with E-state index in [1.165, 1.54) is 11.1 Å². The van der Waals surface area contributed by atoms with Crippen molar-refractivity contribution in [1.29, 1.82) is 0 Å². The van der Waals surface area contributed by atoms with Gasteiger partial charge in [0.2, 0.25) is 5.91 Å². The molecule has 3 rings (SSSR count). The predicted molar refractivity (Wildman–Crippen MR) is 88.3 cm³/mol. The summed E-state index contributed by atoms with van der Waals surface area (Å²) in [5.74, 6) is 0.128. The van der Waals surface area contributed by atoms with Crippen molar-refractivity contribution in [1.82, 2.24) is 4.90 Å². The summed E-state index contributed by atoms with van der Waals surface area (Å²) in [6, 6.07) is 10.3. The normalized spacial score (nSPS) is 21.0. The molecule has 0 aromatic heterocycles. The van der Waals surface area contributed by atoms with Crippen LogP contribution in [0.4, 0.5) is 0 Å². The molecule has 0 atom stereocenters. The van der Waals surface area contributed by atoms with Gasteiger partial charge in [0.15, 0.2) is 0 Å². The Kier molecular flexibility index (Phi) is 4.63. The van der Waals surface area contributed by atoms with E-state index in [1.807, 2.05) is 23.1 Å². The molecule has 1 saturated heterocycles. The van der Waals surface area contributed by atoms with E-state index in [0.29, 0.717) is 6.42 Å². The molecule has 1 saturated carbocycles. The lowest BCUT2D eigenvalue weighted by Crippen LogP contribution is -2.41. The lowest BCUT2D eigenvalue weighted by Gasteiger charge is -2.31. The second-order valence-corrected chi connectivity index (χ2v) is 6.70. The highest BCUT2D eigenvalue weighted by molar-refractivity contribution is 5.77. The number of carbonyl (C=O) groups is 1. The molecule has 1 aliphatic heterocycles. The van der Waals surface area contributed by atoms with Crippen LogP contribution in [0.15, 0.2) is 35.9 Å². The highest BCUT2D eigenvalue weighted by Gasteiger charge is 2.35. The minimum absolute atomic E-state index is 0.128. The van der Waals surface area contributed by atoms with Crippen LogP contribution in [-0.2, 0) is 4.79 Å². The van der Waals surface area contributed by atoms with Gasteiger partial charge in [-0.2, -0.15) is 0 Å². The molecule has 1 aliphatic carbocycles. The first-order chi connectivity index (χ1) is 10.6. The largest absolute Gasteiger partial charge is 0.389 e. The molecule has 1 N–H and O–H groups in total. The number of carbonyl (C=O) groups excluding carboxylic acids is 1. The summed E-state index contributed by atoms with van der Waals surface area (Å²) in [4.78, 5) is 14.3. The third-order valence-corrected chi connectivity index (χ3v) is 4.94. The average molecular weight is 299 g/mol. The molecule has 2 fully saturated rings. The first kappa shape index (κ1) is 15.3. The van der Waals surface area contributed by atoms with E-state index >= 15 is 0 Å². The van der Waals surface area contributed by atoms with Gasteiger partial charge in [0.25, 0.3) is 0 Å². The summed E-state index contributed by atoms with van der Waals surface area (Å²) in [5.41, 5.74) is 1.92. The maximum atomic E-state index is 12.4. The lowest BCUT2D eigenvalue weighted by molar-refractivity contribution is -0.136. The average Bonchev–Trinajstić information content (AvgIpc) is 2.95. The van der Waals surface area contributed by atoms with Gasteiger partial charge in [-0.15, -0.1) is 0 Å². The molecule has 22 heavy (non-hydrogen) atoms. The number of aliphatic hydroxyl groups is 1. The summed E-state index contributed by atoms with van der Waals surface area (Å²) in [6.45, 7) is 1.57. The molecule has 0 spiro atoms. The first-order valence-corrected chi connectivity index (χ1v) is 8.39. The van der Waals surface area contributed by atoms with Crippen molar-refractivity contribution in [2.24, 2.45) is 0 Å². The van der Waals surface area contributed by atoms with E-state index in [0.717, 1.165) is 51.6 Å². The zero-order valence-corrected chi connectivity index (χ0v) is 13.1. The van der Waals surface area contributed by atoms with Crippen LogP contribution in [0.2, 0.25) is 0 Å². The van der Waals surface area contributed by atoms with Crippen LogP contribution in [0.5, 0.6) is 0 Å². The van der Waals surface area contributed by atoms with Gasteiger partial charge in [-0.1, -0.05) is 54.8 Å². The zero-order valence-electron chi connectivity index (χ0n) is 13.1. The maximum absolute atomic E-state index is 12.4. The second kappa shape index (κ2) is 6.66.